The Morgan fingerprint density at radius 3 is 2.84 bits per heavy atom. The smallest absolute Gasteiger partial charge is 0.407 e. The highest BCUT2D eigenvalue weighted by Gasteiger charge is 2.27. The number of alkyl carbamates (subject to hydrolysis) is 1. The molecule has 0 aliphatic heterocycles. The van der Waals surface area contributed by atoms with Gasteiger partial charge in [0.15, 0.2) is 0 Å². The molecule has 5 heteroatoms. The second-order valence-electron chi connectivity index (χ2n) is 7.82. The first-order chi connectivity index (χ1) is 11.8. The van der Waals surface area contributed by atoms with E-state index in [1.54, 1.807) is 6.07 Å². The number of amides is 1. The van der Waals surface area contributed by atoms with E-state index in [1.165, 1.54) is 11.8 Å². The molecule has 2 aromatic rings. The normalized spacial score (nSPS) is 17.4. The molecule has 3 rings (SSSR count). The average molecular weight is 346 g/mol. The fourth-order valence-corrected chi connectivity index (χ4v) is 3.70. The number of aryl methyl sites for hydroxylation is 1. The number of nitrogens with zero attached hydrogens (tertiary/aromatic N) is 1. The number of halogens is 1. The Bertz CT molecular complexity index is 789. The number of rotatable bonds is 3. The number of nitrogens with one attached hydrogen (secondary N) is 1. The molecule has 0 saturated carbocycles. The molecule has 1 aliphatic rings. The molecule has 0 radical (unpaired) electrons. The summed E-state index contributed by atoms with van der Waals surface area (Å²) in [5.41, 5.74) is 3.02. The molecule has 0 bridgehead atoms. The first kappa shape index (κ1) is 17.8. The van der Waals surface area contributed by atoms with Crippen LogP contribution in [-0.2, 0) is 24.1 Å². The molecule has 1 amide bonds. The Hall–Kier alpha value is -2.04. The topological polar surface area (TPSA) is 43.3 Å². The molecule has 1 N–H and O–H groups in total. The molecule has 0 spiro atoms. The van der Waals surface area contributed by atoms with Gasteiger partial charge in [-0.15, -0.1) is 0 Å². The van der Waals surface area contributed by atoms with Crippen molar-refractivity contribution in [2.45, 2.75) is 71.6 Å². The summed E-state index contributed by atoms with van der Waals surface area (Å²) in [7, 11) is 0. The molecule has 1 atom stereocenters. The Kier molecular flexibility index (Phi) is 4.76. The summed E-state index contributed by atoms with van der Waals surface area (Å²) >= 11 is 0. The zero-order chi connectivity index (χ0) is 18.2. The maximum absolute atomic E-state index is 13.8. The largest absolute Gasteiger partial charge is 0.444 e. The maximum atomic E-state index is 13.8. The third kappa shape index (κ3) is 3.80. The minimum absolute atomic E-state index is 0.0197. The van der Waals surface area contributed by atoms with E-state index in [0.29, 0.717) is 6.42 Å². The van der Waals surface area contributed by atoms with Crippen molar-refractivity contribution in [1.29, 1.82) is 0 Å². The summed E-state index contributed by atoms with van der Waals surface area (Å²) in [4.78, 5) is 12.1. The molecule has 1 aromatic carbocycles. The first-order valence-corrected chi connectivity index (χ1v) is 9.07. The highest BCUT2D eigenvalue weighted by molar-refractivity contribution is 5.86. The summed E-state index contributed by atoms with van der Waals surface area (Å²) in [5.74, 6) is -0.217. The van der Waals surface area contributed by atoms with Gasteiger partial charge in [0.25, 0.3) is 0 Å². The fraction of sp³-hybridized carbons (Fsp3) is 0.550. The Morgan fingerprint density at radius 2 is 2.16 bits per heavy atom. The van der Waals surface area contributed by atoms with Gasteiger partial charge in [-0.3, -0.25) is 0 Å². The van der Waals surface area contributed by atoms with E-state index in [4.69, 9.17) is 4.74 Å². The lowest BCUT2D eigenvalue weighted by Gasteiger charge is -2.27. The lowest BCUT2D eigenvalue weighted by atomic mass is 9.91. The monoisotopic (exact) mass is 346 g/mol. The third-order valence-electron chi connectivity index (χ3n) is 4.60. The van der Waals surface area contributed by atoms with E-state index in [0.717, 1.165) is 42.3 Å². The Labute approximate surface area is 148 Å². The van der Waals surface area contributed by atoms with Gasteiger partial charge in [-0.05, 0) is 70.2 Å². The fourth-order valence-electron chi connectivity index (χ4n) is 3.70. The number of aromatic nitrogens is 1. The maximum Gasteiger partial charge on any atom is 0.407 e. The highest BCUT2D eigenvalue weighted by Crippen LogP contribution is 2.33. The van der Waals surface area contributed by atoms with Crippen LogP contribution in [0.4, 0.5) is 9.18 Å². The number of benzene rings is 1. The van der Waals surface area contributed by atoms with Gasteiger partial charge in [-0.2, -0.15) is 0 Å². The van der Waals surface area contributed by atoms with Crippen LogP contribution in [0.25, 0.3) is 10.9 Å². The third-order valence-corrected chi connectivity index (χ3v) is 4.60. The molecule has 1 aromatic heterocycles. The summed E-state index contributed by atoms with van der Waals surface area (Å²) < 4.78 is 21.5. The van der Waals surface area contributed by atoms with Crippen LogP contribution in [0.15, 0.2) is 18.2 Å². The standard InChI is InChI=1S/C20H27FN2O2/c1-5-10-23-17-8-6-13(21)11-15(17)16-12-14(7-9-18(16)23)22-19(24)25-20(2,3)4/h6,8,11,14H,5,7,9-10,12H2,1-4H3,(H,22,24)/t14-/m1/s1. The van der Waals surface area contributed by atoms with Crippen LogP contribution in [0.1, 0.15) is 51.8 Å². The van der Waals surface area contributed by atoms with Crippen LogP contribution in [0, 0.1) is 5.82 Å². The molecule has 4 nitrogen and oxygen atoms in total. The van der Waals surface area contributed by atoms with Gasteiger partial charge < -0.3 is 14.6 Å². The SMILES string of the molecule is CCCn1c2c(c3cc(F)ccc31)C[C@H](NC(=O)OC(C)(C)C)CC2. The van der Waals surface area contributed by atoms with Crippen molar-refractivity contribution in [2.24, 2.45) is 0 Å². The Morgan fingerprint density at radius 1 is 1.40 bits per heavy atom. The molecular weight excluding hydrogens is 319 g/mol. The van der Waals surface area contributed by atoms with Crippen molar-refractivity contribution in [2.75, 3.05) is 0 Å². The predicted octanol–water partition coefficient (Wildman–Crippen LogP) is 4.57. The molecule has 136 valence electrons. The van der Waals surface area contributed by atoms with Gasteiger partial charge in [-0.25, -0.2) is 9.18 Å². The Balaban J connectivity index is 1.87. The number of hydrogen-bond acceptors (Lipinski definition) is 2. The molecular formula is C20H27FN2O2. The van der Waals surface area contributed by atoms with E-state index in [9.17, 15) is 9.18 Å². The summed E-state index contributed by atoms with van der Waals surface area (Å²) in [5, 5.41) is 3.94. The van der Waals surface area contributed by atoms with Crippen LogP contribution in [0.2, 0.25) is 0 Å². The van der Waals surface area contributed by atoms with Gasteiger partial charge in [0.2, 0.25) is 0 Å². The second kappa shape index (κ2) is 6.70. The van der Waals surface area contributed by atoms with Gasteiger partial charge in [0, 0.05) is 29.2 Å². The summed E-state index contributed by atoms with van der Waals surface area (Å²) in [6.07, 6.45) is 3.11. The van der Waals surface area contributed by atoms with Crippen LogP contribution in [-0.4, -0.2) is 22.3 Å². The molecule has 25 heavy (non-hydrogen) atoms. The first-order valence-electron chi connectivity index (χ1n) is 9.07. The number of hydrogen-bond donors (Lipinski definition) is 1. The van der Waals surface area contributed by atoms with E-state index in [1.807, 2.05) is 26.8 Å². The van der Waals surface area contributed by atoms with Gasteiger partial charge in [0.05, 0.1) is 0 Å². The number of carbonyl (C=O) groups excluding carboxylic acids is 1. The molecule has 0 saturated heterocycles. The quantitative estimate of drug-likeness (QED) is 0.884. The lowest BCUT2D eigenvalue weighted by molar-refractivity contribution is 0.0500. The van der Waals surface area contributed by atoms with Gasteiger partial charge >= 0.3 is 6.09 Å². The van der Waals surface area contributed by atoms with E-state index >= 15 is 0 Å². The number of ether oxygens (including phenoxy) is 1. The van der Waals surface area contributed by atoms with Crippen molar-refractivity contribution in [3.63, 3.8) is 0 Å². The number of fused-ring (bicyclic) bond motifs is 3. The number of carbonyl (C=O) groups is 1. The van der Waals surface area contributed by atoms with Crippen molar-refractivity contribution >= 4 is 17.0 Å². The van der Waals surface area contributed by atoms with E-state index < -0.39 is 5.60 Å². The van der Waals surface area contributed by atoms with Gasteiger partial charge in [0.1, 0.15) is 11.4 Å². The molecule has 0 fully saturated rings. The zero-order valence-corrected chi connectivity index (χ0v) is 15.5. The van der Waals surface area contributed by atoms with Crippen molar-refractivity contribution in [3.8, 4) is 0 Å². The van der Waals surface area contributed by atoms with Gasteiger partial charge in [-0.1, -0.05) is 6.92 Å². The van der Waals surface area contributed by atoms with E-state index in [-0.39, 0.29) is 18.0 Å². The highest BCUT2D eigenvalue weighted by atomic mass is 19.1. The average Bonchev–Trinajstić information content (AvgIpc) is 2.79. The summed E-state index contributed by atoms with van der Waals surface area (Å²) in [6, 6.07) is 5.04. The lowest BCUT2D eigenvalue weighted by Crippen LogP contribution is -2.42. The van der Waals surface area contributed by atoms with Crippen molar-refractivity contribution in [1.82, 2.24) is 9.88 Å². The van der Waals surface area contributed by atoms with Crippen molar-refractivity contribution in [3.05, 3.63) is 35.3 Å². The minimum atomic E-state index is -0.510. The molecule has 1 aliphatic carbocycles. The predicted molar refractivity (Wildman–Crippen MR) is 97.4 cm³/mol. The van der Waals surface area contributed by atoms with Crippen LogP contribution in [0.3, 0.4) is 0 Å². The minimum Gasteiger partial charge on any atom is -0.444 e. The van der Waals surface area contributed by atoms with Crippen molar-refractivity contribution < 1.29 is 13.9 Å². The zero-order valence-electron chi connectivity index (χ0n) is 15.5. The van der Waals surface area contributed by atoms with E-state index in [2.05, 4.69) is 16.8 Å². The van der Waals surface area contributed by atoms with Crippen LogP contribution < -0.4 is 5.32 Å². The van der Waals surface area contributed by atoms with Crippen LogP contribution >= 0.6 is 0 Å². The summed E-state index contributed by atoms with van der Waals surface area (Å²) in [6.45, 7) is 8.64. The second-order valence-corrected chi connectivity index (χ2v) is 7.82. The van der Waals surface area contributed by atoms with Crippen LogP contribution in [0.5, 0.6) is 0 Å². The molecule has 1 heterocycles. The molecule has 0 unspecified atom stereocenters.